The van der Waals surface area contributed by atoms with E-state index in [1.807, 2.05) is 32.0 Å². The fourth-order valence-corrected chi connectivity index (χ4v) is 2.72. The summed E-state index contributed by atoms with van der Waals surface area (Å²) in [6.07, 6.45) is 3.15. The van der Waals surface area contributed by atoms with Gasteiger partial charge >= 0.3 is 0 Å². The highest BCUT2D eigenvalue weighted by atomic mass is 16.1. The molecule has 0 bridgehead atoms. The van der Waals surface area contributed by atoms with Gasteiger partial charge in [-0.3, -0.25) is 9.78 Å². The standard InChI is InChI=1S/C21H18N4O/c1-14-6-15(2)8-19(7-14)25-21(26)17-10-20(13-23-12-17)24-18-5-3-4-16(9-18)11-22/h3-10,12-13,24H,1-2H3,(H,25,26). The average molecular weight is 342 g/mol. The summed E-state index contributed by atoms with van der Waals surface area (Å²) in [5, 5.41) is 15.0. The number of benzene rings is 2. The largest absolute Gasteiger partial charge is 0.354 e. The minimum atomic E-state index is -0.225. The molecule has 0 spiro atoms. The van der Waals surface area contributed by atoms with Crippen LogP contribution in [0, 0.1) is 25.2 Å². The molecule has 1 aromatic heterocycles. The molecule has 2 N–H and O–H groups in total. The van der Waals surface area contributed by atoms with Crippen molar-refractivity contribution in [2.75, 3.05) is 10.6 Å². The Kier molecular flexibility index (Phi) is 4.95. The molecule has 5 nitrogen and oxygen atoms in total. The maximum atomic E-state index is 12.5. The minimum absolute atomic E-state index is 0.225. The number of pyridine rings is 1. The van der Waals surface area contributed by atoms with Gasteiger partial charge in [0, 0.05) is 17.6 Å². The van der Waals surface area contributed by atoms with Gasteiger partial charge in [-0.25, -0.2) is 0 Å². The van der Waals surface area contributed by atoms with Crippen LogP contribution in [0.5, 0.6) is 0 Å². The first-order valence-electron chi connectivity index (χ1n) is 8.15. The molecular formula is C21H18N4O. The van der Waals surface area contributed by atoms with Crippen molar-refractivity contribution in [3.8, 4) is 6.07 Å². The predicted molar refractivity (Wildman–Crippen MR) is 103 cm³/mol. The molecule has 0 saturated carbocycles. The molecule has 0 fully saturated rings. The fourth-order valence-electron chi connectivity index (χ4n) is 2.72. The monoisotopic (exact) mass is 342 g/mol. The third-order valence-corrected chi connectivity index (χ3v) is 3.76. The van der Waals surface area contributed by atoms with Gasteiger partial charge in [0.25, 0.3) is 5.91 Å². The Labute approximate surface area is 152 Å². The van der Waals surface area contributed by atoms with E-state index < -0.39 is 0 Å². The molecule has 0 aliphatic carbocycles. The molecule has 0 saturated heterocycles. The minimum Gasteiger partial charge on any atom is -0.354 e. The van der Waals surface area contributed by atoms with E-state index in [4.69, 9.17) is 5.26 Å². The number of hydrogen-bond donors (Lipinski definition) is 2. The van der Waals surface area contributed by atoms with Gasteiger partial charge in [-0.2, -0.15) is 5.26 Å². The molecule has 1 amide bonds. The molecule has 128 valence electrons. The van der Waals surface area contributed by atoms with Crippen LogP contribution in [0.4, 0.5) is 17.1 Å². The highest BCUT2D eigenvalue weighted by Gasteiger charge is 2.09. The second kappa shape index (κ2) is 7.49. The zero-order chi connectivity index (χ0) is 18.5. The van der Waals surface area contributed by atoms with Crippen molar-refractivity contribution in [1.82, 2.24) is 4.98 Å². The van der Waals surface area contributed by atoms with Crippen LogP contribution in [-0.4, -0.2) is 10.9 Å². The van der Waals surface area contributed by atoms with Crippen LogP contribution < -0.4 is 10.6 Å². The van der Waals surface area contributed by atoms with Crippen molar-refractivity contribution in [3.05, 3.63) is 83.2 Å². The molecule has 5 heteroatoms. The van der Waals surface area contributed by atoms with Gasteiger partial charge < -0.3 is 10.6 Å². The van der Waals surface area contributed by atoms with Gasteiger partial charge in [-0.15, -0.1) is 0 Å². The van der Waals surface area contributed by atoms with E-state index in [2.05, 4.69) is 27.8 Å². The van der Waals surface area contributed by atoms with E-state index in [1.165, 1.54) is 6.20 Å². The Hall–Kier alpha value is -3.65. The maximum absolute atomic E-state index is 12.5. The molecule has 0 aliphatic rings. The lowest BCUT2D eigenvalue weighted by molar-refractivity contribution is 0.102. The highest BCUT2D eigenvalue weighted by Crippen LogP contribution is 2.19. The summed E-state index contributed by atoms with van der Waals surface area (Å²) in [6, 6.07) is 16.8. The van der Waals surface area contributed by atoms with E-state index in [9.17, 15) is 4.79 Å². The van der Waals surface area contributed by atoms with E-state index in [0.717, 1.165) is 22.5 Å². The number of aromatic nitrogens is 1. The van der Waals surface area contributed by atoms with E-state index in [-0.39, 0.29) is 5.91 Å². The SMILES string of the molecule is Cc1cc(C)cc(NC(=O)c2cncc(Nc3cccc(C#N)c3)c2)c1. The third kappa shape index (κ3) is 4.25. The Morgan fingerprint density at radius 3 is 2.46 bits per heavy atom. The maximum Gasteiger partial charge on any atom is 0.257 e. The molecular weight excluding hydrogens is 324 g/mol. The van der Waals surface area contributed by atoms with Crippen LogP contribution >= 0.6 is 0 Å². The van der Waals surface area contributed by atoms with Crippen molar-refractivity contribution >= 4 is 23.0 Å². The summed E-state index contributed by atoms with van der Waals surface area (Å²) in [4.78, 5) is 16.7. The first-order valence-corrected chi connectivity index (χ1v) is 8.15. The lowest BCUT2D eigenvalue weighted by Gasteiger charge is -2.10. The number of nitrogens with one attached hydrogen (secondary N) is 2. The summed E-state index contributed by atoms with van der Waals surface area (Å²) in [7, 11) is 0. The van der Waals surface area contributed by atoms with Crippen LogP contribution in [0.1, 0.15) is 27.0 Å². The van der Waals surface area contributed by atoms with Crippen molar-refractivity contribution < 1.29 is 4.79 Å². The number of hydrogen-bond acceptors (Lipinski definition) is 4. The average Bonchev–Trinajstić information content (AvgIpc) is 2.61. The first-order chi connectivity index (χ1) is 12.5. The summed E-state index contributed by atoms with van der Waals surface area (Å²) in [5.41, 5.74) is 5.38. The van der Waals surface area contributed by atoms with E-state index in [0.29, 0.717) is 16.8 Å². The van der Waals surface area contributed by atoms with Crippen molar-refractivity contribution in [2.24, 2.45) is 0 Å². The quantitative estimate of drug-likeness (QED) is 0.728. The highest BCUT2D eigenvalue weighted by molar-refractivity contribution is 6.04. The van der Waals surface area contributed by atoms with Crippen LogP contribution in [-0.2, 0) is 0 Å². The van der Waals surface area contributed by atoms with Gasteiger partial charge in [0.15, 0.2) is 0 Å². The van der Waals surface area contributed by atoms with Gasteiger partial charge in [0.2, 0.25) is 0 Å². The molecule has 0 unspecified atom stereocenters. The van der Waals surface area contributed by atoms with E-state index >= 15 is 0 Å². The van der Waals surface area contributed by atoms with Gasteiger partial charge in [0.05, 0.1) is 29.1 Å². The van der Waals surface area contributed by atoms with Crippen molar-refractivity contribution in [1.29, 1.82) is 5.26 Å². The zero-order valence-electron chi connectivity index (χ0n) is 14.6. The molecule has 3 aromatic rings. The second-order valence-electron chi connectivity index (χ2n) is 6.11. The molecule has 1 heterocycles. The zero-order valence-corrected chi connectivity index (χ0v) is 14.6. The molecule has 0 radical (unpaired) electrons. The number of aryl methyl sites for hydroxylation is 2. The van der Waals surface area contributed by atoms with Gasteiger partial charge in [0.1, 0.15) is 0 Å². The van der Waals surface area contributed by atoms with Crippen LogP contribution in [0.3, 0.4) is 0 Å². The van der Waals surface area contributed by atoms with Crippen LogP contribution in [0.25, 0.3) is 0 Å². The summed E-state index contributed by atoms with van der Waals surface area (Å²) >= 11 is 0. The van der Waals surface area contributed by atoms with E-state index in [1.54, 1.807) is 30.5 Å². The summed E-state index contributed by atoms with van der Waals surface area (Å²) in [6.45, 7) is 3.98. The van der Waals surface area contributed by atoms with Gasteiger partial charge in [-0.1, -0.05) is 12.1 Å². The van der Waals surface area contributed by atoms with Crippen LogP contribution in [0.15, 0.2) is 60.9 Å². The number of anilines is 3. The summed E-state index contributed by atoms with van der Waals surface area (Å²) < 4.78 is 0. The Balaban J connectivity index is 1.77. The lowest BCUT2D eigenvalue weighted by atomic mass is 10.1. The third-order valence-electron chi connectivity index (χ3n) is 3.76. The molecule has 3 rings (SSSR count). The second-order valence-corrected chi connectivity index (χ2v) is 6.11. The number of carbonyl (C=O) groups excluding carboxylic acids is 1. The number of carbonyl (C=O) groups is 1. The Morgan fingerprint density at radius 2 is 1.73 bits per heavy atom. The van der Waals surface area contributed by atoms with Crippen molar-refractivity contribution in [2.45, 2.75) is 13.8 Å². The smallest absolute Gasteiger partial charge is 0.257 e. The first kappa shape index (κ1) is 17.2. The molecule has 0 aliphatic heterocycles. The molecule has 2 aromatic carbocycles. The van der Waals surface area contributed by atoms with Gasteiger partial charge in [-0.05, 0) is 61.4 Å². The van der Waals surface area contributed by atoms with Crippen LogP contribution in [0.2, 0.25) is 0 Å². The summed E-state index contributed by atoms with van der Waals surface area (Å²) in [5.74, 6) is -0.225. The lowest BCUT2D eigenvalue weighted by Crippen LogP contribution is -2.12. The van der Waals surface area contributed by atoms with Crippen molar-refractivity contribution in [3.63, 3.8) is 0 Å². The number of rotatable bonds is 4. The topological polar surface area (TPSA) is 77.8 Å². The predicted octanol–water partition coefficient (Wildman–Crippen LogP) is 4.57. The number of nitriles is 1. The normalized spacial score (nSPS) is 10.0. The number of nitrogens with zero attached hydrogens (tertiary/aromatic N) is 2. The number of amides is 1. The molecule has 26 heavy (non-hydrogen) atoms. The Morgan fingerprint density at radius 1 is 0.962 bits per heavy atom. The molecule has 0 atom stereocenters. The fraction of sp³-hybridized carbons (Fsp3) is 0.0952. The Bertz CT molecular complexity index is 985.